The van der Waals surface area contributed by atoms with E-state index in [0.717, 1.165) is 0 Å². The summed E-state index contributed by atoms with van der Waals surface area (Å²) >= 11 is 0. The fourth-order valence-electron chi connectivity index (χ4n) is 1.76. The molecule has 0 spiro atoms. The Balaban J connectivity index is 2.49. The molecule has 0 aromatic carbocycles. The summed E-state index contributed by atoms with van der Waals surface area (Å²) in [5, 5.41) is 0. The number of hydrogen-bond acceptors (Lipinski definition) is 5. The minimum Gasteiger partial charge on any atom is -0.444 e. The van der Waals surface area contributed by atoms with E-state index in [1.54, 1.807) is 11.8 Å². The number of Topliss-reactive ketones (excluding diaryl/α,β-unsaturated/α-hetero) is 1. The molecular weight excluding hydrogens is 250 g/mol. The van der Waals surface area contributed by atoms with Gasteiger partial charge >= 0.3 is 6.09 Å². The predicted molar refractivity (Wildman–Crippen MR) is 68.5 cm³/mol. The summed E-state index contributed by atoms with van der Waals surface area (Å²) < 4.78 is 5.29. The van der Waals surface area contributed by atoms with Crippen LogP contribution in [0.2, 0.25) is 0 Å². The molecule has 0 radical (unpaired) electrons. The number of ether oxygens (including phenoxy) is 1. The molecule has 0 aliphatic carbocycles. The average Bonchev–Trinajstić information content (AvgIpc) is 2.29. The van der Waals surface area contributed by atoms with Crippen LogP contribution in [-0.2, 0) is 19.3 Å². The maximum absolute atomic E-state index is 11.9. The van der Waals surface area contributed by atoms with Gasteiger partial charge in [0, 0.05) is 19.5 Å². The van der Waals surface area contributed by atoms with Crippen molar-refractivity contribution in [3.05, 3.63) is 0 Å². The Morgan fingerprint density at radius 2 is 2.05 bits per heavy atom. The highest BCUT2D eigenvalue weighted by atomic mass is 17.2. The molecular formula is C13H23NO5. The van der Waals surface area contributed by atoms with Crippen molar-refractivity contribution >= 4 is 11.9 Å². The molecule has 1 aliphatic heterocycles. The first kappa shape index (κ1) is 15.9. The number of carbonyl (C=O) groups excluding carboxylic acids is 2. The van der Waals surface area contributed by atoms with Gasteiger partial charge in [0.15, 0.2) is 0 Å². The number of rotatable bonds is 4. The third-order valence-corrected chi connectivity index (χ3v) is 2.65. The SMILES string of the molecule is CCOOCC1CN(C(=O)OC(C)(C)C)CCC1=O. The molecule has 0 bridgehead atoms. The lowest BCUT2D eigenvalue weighted by atomic mass is 9.98. The van der Waals surface area contributed by atoms with Gasteiger partial charge in [0.1, 0.15) is 11.4 Å². The van der Waals surface area contributed by atoms with Crippen molar-refractivity contribution in [3.8, 4) is 0 Å². The van der Waals surface area contributed by atoms with Gasteiger partial charge in [-0.1, -0.05) is 0 Å². The molecule has 1 saturated heterocycles. The van der Waals surface area contributed by atoms with Crippen LogP contribution < -0.4 is 0 Å². The number of hydrogen-bond donors (Lipinski definition) is 0. The standard InChI is InChI=1S/C13H23NO5/c1-5-17-18-9-10-8-14(7-6-11(10)15)12(16)19-13(2,3)4/h10H,5-9H2,1-4H3. The van der Waals surface area contributed by atoms with Crippen LogP contribution in [0.15, 0.2) is 0 Å². The van der Waals surface area contributed by atoms with E-state index in [-0.39, 0.29) is 24.4 Å². The second-order valence-electron chi connectivity index (χ2n) is 5.53. The number of amides is 1. The minimum atomic E-state index is -0.532. The van der Waals surface area contributed by atoms with Crippen LogP contribution in [0.1, 0.15) is 34.1 Å². The van der Waals surface area contributed by atoms with E-state index >= 15 is 0 Å². The summed E-state index contributed by atoms with van der Waals surface area (Å²) in [7, 11) is 0. The van der Waals surface area contributed by atoms with Crippen molar-refractivity contribution in [2.24, 2.45) is 5.92 Å². The van der Waals surface area contributed by atoms with Gasteiger partial charge in [-0.2, -0.15) is 0 Å². The molecule has 1 heterocycles. The third kappa shape index (κ3) is 5.57. The number of nitrogens with zero attached hydrogens (tertiary/aromatic N) is 1. The monoisotopic (exact) mass is 273 g/mol. The molecule has 19 heavy (non-hydrogen) atoms. The number of piperidine rings is 1. The molecule has 0 saturated carbocycles. The number of ketones is 1. The second kappa shape index (κ2) is 6.86. The minimum absolute atomic E-state index is 0.0968. The summed E-state index contributed by atoms with van der Waals surface area (Å²) in [6.07, 6.45) is -0.0549. The summed E-state index contributed by atoms with van der Waals surface area (Å²) in [6, 6.07) is 0. The first-order chi connectivity index (χ1) is 8.83. The molecule has 1 rings (SSSR count). The molecule has 1 aliphatic rings. The summed E-state index contributed by atoms with van der Waals surface area (Å²) in [4.78, 5) is 34.9. The van der Waals surface area contributed by atoms with Crippen molar-refractivity contribution in [3.63, 3.8) is 0 Å². The van der Waals surface area contributed by atoms with Gasteiger partial charge < -0.3 is 9.64 Å². The zero-order valence-electron chi connectivity index (χ0n) is 12.1. The van der Waals surface area contributed by atoms with E-state index in [0.29, 0.717) is 26.1 Å². The fraction of sp³-hybridized carbons (Fsp3) is 0.846. The quantitative estimate of drug-likeness (QED) is 0.444. The lowest BCUT2D eigenvalue weighted by Crippen LogP contribution is -2.47. The topological polar surface area (TPSA) is 65.1 Å². The Morgan fingerprint density at radius 1 is 1.37 bits per heavy atom. The van der Waals surface area contributed by atoms with E-state index in [9.17, 15) is 9.59 Å². The van der Waals surface area contributed by atoms with Crippen molar-refractivity contribution in [1.29, 1.82) is 0 Å². The largest absolute Gasteiger partial charge is 0.444 e. The smallest absolute Gasteiger partial charge is 0.410 e. The molecule has 0 aromatic rings. The molecule has 0 N–H and O–H groups in total. The van der Waals surface area contributed by atoms with Gasteiger partial charge in [-0.05, 0) is 27.7 Å². The van der Waals surface area contributed by atoms with Crippen LogP contribution in [0.5, 0.6) is 0 Å². The zero-order valence-corrected chi connectivity index (χ0v) is 12.1. The van der Waals surface area contributed by atoms with E-state index in [1.807, 2.05) is 20.8 Å². The van der Waals surface area contributed by atoms with E-state index in [2.05, 4.69) is 0 Å². The van der Waals surface area contributed by atoms with Crippen LogP contribution in [0.25, 0.3) is 0 Å². The Morgan fingerprint density at radius 3 is 2.63 bits per heavy atom. The van der Waals surface area contributed by atoms with Crippen molar-refractivity contribution in [2.45, 2.75) is 39.7 Å². The Labute approximate surface area is 113 Å². The van der Waals surface area contributed by atoms with Crippen molar-refractivity contribution in [1.82, 2.24) is 4.90 Å². The van der Waals surface area contributed by atoms with Gasteiger partial charge in [-0.15, -0.1) is 0 Å². The van der Waals surface area contributed by atoms with E-state index in [1.165, 1.54) is 0 Å². The van der Waals surface area contributed by atoms with Crippen molar-refractivity contribution in [2.75, 3.05) is 26.3 Å². The van der Waals surface area contributed by atoms with Crippen LogP contribution in [-0.4, -0.2) is 48.7 Å². The van der Waals surface area contributed by atoms with Crippen LogP contribution in [0, 0.1) is 5.92 Å². The van der Waals surface area contributed by atoms with Crippen LogP contribution >= 0.6 is 0 Å². The van der Waals surface area contributed by atoms with Gasteiger partial charge in [0.25, 0.3) is 0 Å². The Kier molecular flexibility index (Phi) is 5.75. The van der Waals surface area contributed by atoms with Gasteiger partial charge in [0.05, 0.1) is 19.1 Å². The summed E-state index contributed by atoms with van der Waals surface area (Å²) in [6.45, 7) is 8.57. The van der Waals surface area contributed by atoms with E-state index < -0.39 is 5.60 Å². The molecule has 6 nitrogen and oxygen atoms in total. The third-order valence-electron chi connectivity index (χ3n) is 2.65. The van der Waals surface area contributed by atoms with Crippen LogP contribution in [0.3, 0.4) is 0 Å². The lowest BCUT2D eigenvalue weighted by Gasteiger charge is -2.33. The molecule has 110 valence electrons. The number of carbonyl (C=O) groups is 2. The van der Waals surface area contributed by atoms with Crippen LogP contribution in [0.4, 0.5) is 4.79 Å². The molecule has 6 heteroatoms. The zero-order chi connectivity index (χ0) is 14.5. The maximum Gasteiger partial charge on any atom is 0.410 e. The molecule has 1 fully saturated rings. The highest BCUT2D eigenvalue weighted by molar-refractivity contribution is 5.84. The van der Waals surface area contributed by atoms with Gasteiger partial charge in [-0.25, -0.2) is 14.6 Å². The molecule has 1 amide bonds. The Hall–Kier alpha value is -1.14. The second-order valence-corrected chi connectivity index (χ2v) is 5.53. The summed E-state index contributed by atoms with van der Waals surface area (Å²) in [5.74, 6) is -0.243. The maximum atomic E-state index is 11.9. The molecule has 1 unspecified atom stereocenters. The van der Waals surface area contributed by atoms with Crippen molar-refractivity contribution < 1.29 is 24.1 Å². The Bertz CT molecular complexity index is 323. The predicted octanol–water partition coefficient (Wildman–Crippen LogP) is 1.78. The molecule has 1 atom stereocenters. The normalized spacial score (nSPS) is 20.5. The van der Waals surface area contributed by atoms with Gasteiger partial charge in [-0.3, -0.25) is 4.79 Å². The molecule has 0 aromatic heterocycles. The highest BCUT2D eigenvalue weighted by Gasteiger charge is 2.32. The summed E-state index contributed by atoms with van der Waals surface area (Å²) in [5.41, 5.74) is -0.532. The lowest BCUT2D eigenvalue weighted by molar-refractivity contribution is -0.297. The fourth-order valence-corrected chi connectivity index (χ4v) is 1.76. The first-order valence-corrected chi connectivity index (χ1v) is 6.58. The average molecular weight is 273 g/mol. The highest BCUT2D eigenvalue weighted by Crippen LogP contribution is 2.17. The van der Waals surface area contributed by atoms with E-state index in [4.69, 9.17) is 14.5 Å². The first-order valence-electron chi connectivity index (χ1n) is 6.58. The number of likely N-dealkylation sites (tertiary alicyclic amines) is 1. The van der Waals surface area contributed by atoms with Gasteiger partial charge in [0.2, 0.25) is 0 Å².